The van der Waals surface area contributed by atoms with E-state index in [1.54, 1.807) is 30.3 Å². The van der Waals surface area contributed by atoms with E-state index < -0.39 is 21.9 Å². The maximum absolute atomic E-state index is 13.1. The summed E-state index contributed by atoms with van der Waals surface area (Å²) < 4.78 is 38.9. The fourth-order valence-corrected chi connectivity index (χ4v) is 3.39. The van der Waals surface area contributed by atoms with E-state index in [-0.39, 0.29) is 16.5 Å². The molecule has 0 spiro atoms. The lowest BCUT2D eigenvalue weighted by Gasteiger charge is -2.21. The van der Waals surface area contributed by atoms with E-state index in [0.29, 0.717) is 5.56 Å². The molecule has 118 valence electrons. The summed E-state index contributed by atoms with van der Waals surface area (Å²) in [6, 6.07) is 11.9. The summed E-state index contributed by atoms with van der Waals surface area (Å²) in [5, 5.41) is 9.84. The molecule has 0 saturated heterocycles. The van der Waals surface area contributed by atoms with Crippen LogP contribution in [0.15, 0.2) is 53.4 Å². The van der Waals surface area contributed by atoms with Crippen LogP contribution < -0.4 is 0 Å². The molecule has 1 N–H and O–H groups in total. The van der Waals surface area contributed by atoms with E-state index in [4.69, 9.17) is 11.6 Å². The fourth-order valence-electron chi connectivity index (χ4n) is 1.94. The van der Waals surface area contributed by atoms with Crippen LogP contribution in [0.4, 0.5) is 4.39 Å². The molecule has 0 aliphatic heterocycles. The molecule has 0 aliphatic carbocycles. The van der Waals surface area contributed by atoms with Crippen LogP contribution in [-0.4, -0.2) is 31.4 Å². The monoisotopic (exact) mass is 343 g/mol. The Balaban J connectivity index is 2.20. The van der Waals surface area contributed by atoms with Gasteiger partial charge in [-0.25, -0.2) is 12.8 Å². The van der Waals surface area contributed by atoms with Gasteiger partial charge in [0.15, 0.2) is 0 Å². The van der Waals surface area contributed by atoms with Crippen LogP contribution in [0.1, 0.15) is 11.7 Å². The number of aliphatic hydroxyl groups excluding tert-OH is 1. The Morgan fingerprint density at radius 1 is 1.23 bits per heavy atom. The maximum atomic E-state index is 13.1. The zero-order valence-electron chi connectivity index (χ0n) is 11.8. The third kappa shape index (κ3) is 3.64. The van der Waals surface area contributed by atoms with Crippen molar-refractivity contribution in [1.29, 1.82) is 0 Å². The average Bonchev–Trinajstić information content (AvgIpc) is 2.50. The molecule has 0 saturated carbocycles. The molecule has 1 unspecified atom stereocenters. The molecule has 22 heavy (non-hydrogen) atoms. The minimum atomic E-state index is -3.86. The van der Waals surface area contributed by atoms with Gasteiger partial charge in [0.05, 0.1) is 16.0 Å². The highest BCUT2D eigenvalue weighted by molar-refractivity contribution is 7.89. The number of sulfonamides is 1. The van der Waals surface area contributed by atoms with Gasteiger partial charge in [-0.05, 0) is 23.8 Å². The van der Waals surface area contributed by atoms with Gasteiger partial charge in [-0.15, -0.1) is 0 Å². The molecule has 2 aromatic rings. The van der Waals surface area contributed by atoms with Crippen molar-refractivity contribution in [3.05, 3.63) is 64.9 Å². The molecule has 0 bridgehead atoms. The van der Waals surface area contributed by atoms with Gasteiger partial charge < -0.3 is 5.11 Å². The van der Waals surface area contributed by atoms with Crippen LogP contribution in [0.25, 0.3) is 0 Å². The number of hydrogen-bond donors (Lipinski definition) is 1. The molecule has 4 nitrogen and oxygen atoms in total. The van der Waals surface area contributed by atoms with Gasteiger partial charge in [0.2, 0.25) is 10.0 Å². The van der Waals surface area contributed by atoms with Crippen LogP contribution in [-0.2, 0) is 10.0 Å². The molecule has 0 aliphatic rings. The van der Waals surface area contributed by atoms with Crippen LogP contribution in [0.2, 0.25) is 5.02 Å². The predicted molar refractivity (Wildman–Crippen MR) is 82.6 cm³/mol. The van der Waals surface area contributed by atoms with Crippen molar-refractivity contribution in [1.82, 2.24) is 4.31 Å². The molecule has 0 aromatic heterocycles. The number of aliphatic hydroxyl groups is 1. The number of hydrogen-bond acceptors (Lipinski definition) is 3. The van der Waals surface area contributed by atoms with Crippen molar-refractivity contribution in [2.45, 2.75) is 11.0 Å². The second kappa shape index (κ2) is 6.75. The molecule has 1 atom stereocenters. The first-order valence-electron chi connectivity index (χ1n) is 6.47. The molecule has 2 rings (SSSR count). The summed E-state index contributed by atoms with van der Waals surface area (Å²) in [5.41, 5.74) is 0.613. The smallest absolute Gasteiger partial charge is 0.242 e. The second-order valence-electron chi connectivity index (χ2n) is 4.79. The maximum Gasteiger partial charge on any atom is 0.242 e. The first-order chi connectivity index (χ1) is 10.3. The van der Waals surface area contributed by atoms with Gasteiger partial charge in [0.1, 0.15) is 5.82 Å². The Morgan fingerprint density at radius 3 is 2.45 bits per heavy atom. The summed E-state index contributed by atoms with van der Waals surface area (Å²) in [6.45, 7) is -0.124. The van der Waals surface area contributed by atoms with E-state index in [1.165, 1.54) is 7.05 Å². The van der Waals surface area contributed by atoms with Gasteiger partial charge in [-0.3, -0.25) is 0 Å². The zero-order chi connectivity index (χ0) is 16.3. The summed E-state index contributed by atoms with van der Waals surface area (Å²) >= 11 is 5.62. The number of benzene rings is 2. The predicted octanol–water partition coefficient (Wildman–Crippen LogP) is 2.83. The molecule has 7 heteroatoms. The highest BCUT2D eigenvalue weighted by atomic mass is 35.5. The standard InChI is InChI=1S/C15H15ClFNO3S/c1-18(10-15(19)11-5-3-2-4-6-11)22(20,21)12-7-8-14(17)13(16)9-12/h2-9,15,19H,10H2,1H3. The minimum absolute atomic E-state index is 0.123. The van der Waals surface area contributed by atoms with Gasteiger partial charge in [0.25, 0.3) is 0 Å². The van der Waals surface area contributed by atoms with Gasteiger partial charge in [-0.1, -0.05) is 41.9 Å². The zero-order valence-corrected chi connectivity index (χ0v) is 13.4. The molecular weight excluding hydrogens is 329 g/mol. The lowest BCUT2D eigenvalue weighted by molar-refractivity contribution is 0.155. The van der Waals surface area contributed by atoms with E-state index in [1.807, 2.05) is 0 Å². The molecule has 0 fully saturated rings. The summed E-state index contributed by atoms with van der Waals surface area (Å²) in [4.78, 5) is -0.123. The van der Waals surface area contributed by atoms with Crippen LogP contribution >= 0.6 is 11.6 Å². The summed E-state index contributed by atoms with van der Waals surface area (Å²) in [5.74, 6) is -0.687. The highest BCUT2D eigenvalue weighted by Gasteiger charge is 2.24. The van der Waals surface area contributed by atoms with Crippen molar-refractivity contribution in [2.75, 3.05) is 13.6 Å². The number of likely N-dealkylation sites (N-methyl/N-ethyl adjacent to an activating group) is 1. The molecule has 2 aromatic carbocycles. The van der Waals surface area contributed by atoms with E-state index in [0.717, 1.165) is 22.5 Å². The molecule has 0 amide bonds. The Hall–Kier alpha value is -1.47. The third-order valence-corrected chi connectivity index (χ3v) is 5.32. The first kappa shape index (κ1) is 16.9. The van der Waals surface area contributed by atoms with Crippen molar-refractivity contribution in [3.63, 3.8) is 0 Å². The average molecular weight is 344 g/mol. The SMILES string of the molecule is CN(CC(O)c1ccccc1)S(=O)(=O)c1ccc(F)c(Cl)c1. The summed E-state index contributed by atoms with van der Waals surface area (Å²) in [7, 11) is -2.51. The van der Waals surface area contributed by atoms with Crippen molar-refractivity contribution >= 4 is 21.6 Å². The number of halogens is 2. The van der Waals surface area contributed by atoms with Gasteiger partial charge >= 0.3 is 0 Å². The highest BCUT2D eigenvalue weighted by Crippen LogP contribution is 2.23. The van der Waals surface area contributed by atoms with Crippen LogP contribution in [0.3, 0.4) is 0 Å². The normalized spacial score (nSPS) is 13.3. The first-order valence-corrected chi connectivity index (χ1v) is 8.28. The van der Waals surface area contributed by atoms with Crippen LogP contribution in [0.5, 0.6) is 0 Å². The molecule has 0 heterocycles. The lowest BCUT2D eigenvalue weighted by Crippen LogP contribution is -2.31. The number of nitrogens with zero attached hydrogens (tertiary/aromatic N) is 1. The largest absolute Gasteiger partial charge is 0.387 e. The Kier molecular flexibility index (Phi) is 5.18. The third-order valence-electron chi connectivity index (χ3n) is 3.21. The van der Waals surface area contributed by atoms with Crippen molar-refractivity contribution in [3.8, 4) is 0 Å². The second-order valence-corrected chi connectivity index (χ2v) is 7.24. The Bertz CT molecular complexity index is 753. The Labute approximate surface area is 133 Å². The van der Waals surface area contributed by atoms with Gasteiger partial charge in [0, 0.05) is 13.6 Å². The van der Waals surface area contributed by atoms with Crippen molar-refractivity contribution in [2.24, 2.45) is 0 Å². The Morgan fingerprint density at radius 2 is 1.86 bits per heavy atom. The number of rotatable bonds is 5. The van der Waals surface area contributed by atoms with E-state index in [9.17, 15) is 17.9 Å². The summed E-state index contributed by atoms with van der Waals surface area (Å²) in [6.07, 6.45) is -0.961. The van der Waals surface area contributed by atoms with Crippen LogP contribution in [0, 0.1) is 5.82 Å². The molecule has 0 radical (unpaired) electrons. The topological polar surface area (TPSA) is 57.6 Å². The fraction of sp³-hybridized carbons (Fsp3) is 0.200. The van der Waals surface area contributed by atoms with Gasteiger partial charge in [-0.2, -0.15) is 4.31 Å². The van der Waals surface area contributed by atoms with Crippen molar-refractivity contribution < 1.29 is 17.9 Å². The van der Waals surface area contributed by atoms with E-state index >= 15 is 0 Å². The minimum Gasteiger partial charge on any atom is -0.387 e. The quantitative estimate of drug-likeness (QED) is 0.908. The molecular formula is C15H15ClFNO3S. The van der Waals surface area contributed by atoms with E-state index in [2.05, 4.69) is 0 Å². The lowest BCUT2D eigenvalue weighted by atomic mass is 10.1.